The lowest BCUT2D eigenvalue weighted by Crippen LogP contribution is -2.67. The van der Waals surface area contributed by atoms with E-state index in [0.29, 0.717) is 16.2 Å². The SMILES string of the molecule is CC1CCC(CCC2CC(C(C)C)C3CC4(C)CC5(C)CC(C)C(C(C)C)C(C)C5(C)C(C)C4C(C)C3C2C)CC1. The monoisotopic (exact) mass is 567 g/mol. The Morgan fingerprint density at radius 2 is 1.34 bits per heavy atom. The van der Waals surface area contributed by atoms with Crippen molar-refractivity contribution in [2.24, 2.45) is 105 Å². The van der Waals surface area contributed by atoms with Crippen LogP contribution in [0, 0.1) is 105 Å². The Morgan fingerprint density at radius 3 is 1.93 bits per heavy atom. The zero-order valence-corrected chi connectivity index (χ0v) is 30.2. The van der Waals surface area contributed by atoms with E-state index in [1.165, 1.54) is 64.2 Å². The van der Waals surface area contributed by atoms with Gasteiger partial charge in [0, 0.05) is 0 Å². The molecule has 0 aliphatic heterocycles. The normalized spacial score (nSPS) is 55.8. The molecular weight excluding hydrogens is 492 g/mol. The molecule has 0 amide bonds. The molecule has 14 atom stereocenters. The van der Waals surface area contributed by atoms with Crippen LogP contribution in [0.15, 0.2) is 0 Å². The van der Waals surface area contributed by atoms with Crippen molar-refractivity contribution >= 4 is 0 Å². The molecule has 0 aromatic heterocycles. The van der Waals surface area contributed by atoms with Crippen molar-refractivity contribution < 1.29 is 0 Å². The van der Waals surface area contributed by atoms with Gasteiger partial charge in [-0.15, -0.1) is 0 Å². The minimum Gasteiger partial charge on any atom is -0.0625 e. The Hall–Kier alpha value is 0. The van der Waals surface area contributed by atoms with Crippen molar-refractivity contribution in [1.29, 1.82) is 0 Å². The summed E-state index contributed by atoms with van der Waals surface area (Å²) in [6.45, 7) is 34.7. The highest BCUT2D eigenvalue weighted by molar-refractivity contribution is 5.17. The van der Waals surface area contributed by atoms with Gasteiger partial charge in [0.25, 0.3) is 0 Å². The van der Waals surface area contributed by atoms with Crippen LogP contribution < -0.4 is 0 Å². The largest absolute Gasteiger partial charge is 0.0625 e. The summed E-state index contributed by atoms with van der Waals surface area (Å²) < 4.78 is 0. The molecule has 0 heterocycles. The fourth-order valence-corrected chi connectivity index (χ4v) is 15.1. The molecule has 0 aromatic carbocycles. The maximum Gasteiger partial charge on any atom is -0.0215 e. The predicted molar refractivity (Wildman–Crippen MR) is 180 cm³/mol. The Morgan fingerprint density at radius 1 is 0.707 bits per heavy atom. The number of fused-ring (bicyclic) bond motifs is 3. The first-order valence-corrected chi connectivity index (χ1v) is 19.1. The third-order valence-corrected chi connectivity index (χ3v) is 16.9. The standard InChI is InChI=1S/C41H74/c1-24(2)34-20-33(19-18-32-16-14-26(5)15-17-32)28(7)37-29(8)38-31(10)41(13)30(9)36(25(3)4)27(6)21-40(41,12)23-39(38,11)22-35(34)37/h24-38H,14-23H2,1-13H3. The maximum absolute atomic E-state index is 2.81. The molecule has 0 N–H and O–H groups in total. The third kappa shape index (κ3) is 5.14. The number of hydrogen-bond donors (Lipinski definition) is 0. The van der Waals surface area contributed by atoms with Crippen LogP contribution >= 0.6 is 0 Å². The first kappa shape index (κ1) is 32.4. The molecule has 5 saturated carbocycles. The quantitative estimate of drug-likeness (QED) is 0.310. The van der Waals surface area contributed by atoms with Crippen molar-refractivity contribution in [1.82, 2.24) is 0 Å². The Kier molecular flexibility index (Phi) is 9.02. The van der Waals surface area contributed by atoms with E-state index in [1.54, 1.807) is 0 Å². The van der Waals surface area contributed by atoms with E-state index in [0.717, 1.165) is 88.8 Å². The van der Waals surface area contributed by atoms with Crippen LogP contribution in [0.25, 0.3) is 0 Å². The van der Waals surface area contributed by atoms with Gasteiger partial charge in [0.2, 0.25) is 0 Å². The van der Waals surface area contributed by atoms with Crippen LogP contribution in [-0.4, -0.2) is 0 Å². The number of hydrogen-bond acceptors (Lipinski definition) is 0. The van der Waals surface area contributed by atoms with Gasteiger partial charge >= 0.3 is 0 Å². The lowest BCUT2D eigenvalue weighted by Gasteiger charge is -2.73. The summed E-state index contributed by atoms with van der Waals surface area (Å²) in [4.78, 5) is 0. The summed E-state index contributed by atoms with van der Waals surface area (Å²) in [5.74, 6) is 13.5. The van der Waals surface area contributed by atoms with Gasteiger partial charge in [0.05, 0.1) is 0 Å². The maximum atomic E-state index is 2.81. The molecule has 5 fully saturated rings. The summed E-state index contributed by atoms with van der Waals surface area (Å²) >= 11 is 0. The Balaban J connectivity index is 1.44. The van der Waals surface area contributed by atoms with E-state index < -0.39 is 0 Å². The van der Waals surface area contributed by atoms with E-state index in [-0.39, 0.29) is 0 Å². The fraction of sp³-hybridized carbons (Fsp3) is 1.00. The number of rotatable bonds is 5. The third-order valence-electron chi connectivity index (χ3n) is 16.9. The van der Waals surface area contributed by atoms with Gasteiger partial charge in [0.15, 0.2) is 0 Å². The highest BCUT2D eigenvalue weighted by Gasteiger charge is 2.69. The molecule has 5 aliphatic carbocycles. The zero-order chi connectivity index (χ0) is 30.2. The van der Waals surface area contributed by atoms with Crippen LogP contribution in [0.4, 0.5) is 0 Å². The zero-order valence-electron chi connectivity index (χ0n) is 30.2. The smallest absolute Gasteiger partial charge is 0.0215 e. The van der Waals surface area contributed by atoms with Crippen LogP contribution in [-0.2, 0) is 0 Å². The van der Waals surface area contributed by atoms with Gasteiger partial charge in [-0.1, -0.05) is 122 Å². The van der Waals surface area contributed by atoms with Crippen LogP contribution in [0.3, 0.4) is 0 Å². The second-order valence-electron chi connectivity index (χ2n) is 19.6. The molecule has 41 heavy (non-hydrogen) atoms. The second-order valence-corrected chi connectivity index (χ2v) is 19.6. The van der Waals surface area contributed by atoms with Gasteiger partial charge < -0.3 is 0 Å². The molecule has 0 saturated heterocycles. The van der Waals surface area contributed by atoms with Gasteiger partial charge in [-0.05, 0) is 137 Å². The molecule has 0 spiro atoms. The van der Waals surface area contributed by atoms with Crippen molar-refractivity contribution in [2.75, 3.05) is 0 Å². The first-order chi connectivity index (χ1) is 19.1. The Labute approximate surface area is 258 Å². The molecule has 5 rings (SSSR count). The lowest BCUT2D eigenvalue weighted by atomic mass is 9.31. The second kappa shape index (κ2) is 11.4. The van der Waals surface area contributed by atoms with Gasteiger partial charge in [-0.25, -0.2) is 0 Å². The minimum atomic E-state index is 0.451. The van der Waals surface area contributed by atoms with Gasteiger partial charge in [-0.3, -0.25) is 0 Å². The first-order valence-electron chi connectivity index (χ1n) is 19.1. The predicted octanol–water partition coefficient (Wildman–Crippen LogP) is 12.4. The molecule has 5 aliphatic rings. The molecule has 238 valence electrons. The summed E-state index contributed by atoms with van der Waals surface area (Å²) in [7, 11) is 0. The molecule has 0 aromatic rings. The van der Waals surface area contributed by atoms with Crippen molar-refractivity contribution in [3.8, 4) is 0 Å². The summed E-state index contributed by atoms with van der Waals surface area (Å²) in [5.41, 5.74) is 1.44. The molecule has 0 bridgehead atoms. The van der Waals surface area contributed by atoms with Crippen molar-refractivity contribution in [2.45, 2.75) is 154 Å². The minimum absolute atomic E-state index is 0.451. The molecule has 0 heteroatoms. The van der Waals surface area contributed by atoms with E-state index >= 15 is 0 Å². The van der Waals surface area contributed by atoms with Crippen molar-refractivity contribution in [3.63, 3.8) is 0 Å². The highest BCUT2D eigenvalue weighted by Crippen LogP contribution is 2.75. The average Bonchev–Trinajstić information content (AvgIpc) is 2.86. The molecule has 0 nitrogen and oxygen atoms in total. The highest BCUT2D eigenvalue weighted by atomic mass is 14.7. The van der Waals surface area contributed by atoms with E-state index in [2.05, 4.69) is 90.0 Å². The molecule has 14 unspecified atom stereocenters. The Bertz CT molecular complexity index is 892. The fourth-order valence-electron chi connectivity index (χ4n) is 15.1. The van der Waals surface area contributed by atoms with Gasteiger partial charge in [0.1, 0.15) is 0 Å². The van der Waals surface area contributed by atoms with Crippen LogP contribution in [0.2, 0.25) is 0 Å². The molecular formula is C41H74. The molecule has 0 radical (unpaired) electrons. The van der Waals surface area contributed by atoms with E-state index in [9.17, 15) is 0 Å². The van der Waals surface area contributed by atoms with E-state index in [1.807, 2.05) is 0 Å². The van der Waals surface area contributed by atoms with Crippen molar-refractivity contribution in [3.05, 3.63) is 0 Å². The van der Waals surface area contributed by atoms with Gasteiger partial charge in [-0.2, -0.15) is 0 Å². The summed E-state index contributed by atoms with van der Waals surface area (Å²) in [5, 5.41) is 0. The summed E-state index contributed by atoms with van der Waals surface area (Å²) in [6.07, 6.45) is 15.1. The van der Waals surface area contributed by atoms with Crippen LogP contribution in [0.1, 0.15) is 154 Å². The summed E-state index contributed by atoms with van der Waals surface area (Å²) in [6, 6.07) is 0. The topological polar surface area (TPSA) is 0 Å². The van der Waals surface area contributed by atoms with E-state index in [4.69, 9.17) is 0 Å². The lowest BCUT2D eigenvalue weighted by molar-refractivity contribution is -0.251. The average molecular weight is 567 g/mol. The van der Waals surface area contributed by atoms with Crippen LogP contribution in [0.5, 0.6) is 0 Å².